The van der Waals surface area contributed by atoms with Crippen LogP contribution in [0.5, 0.6) is 0 Å². The highest BCUT2D eigenvalue weighted by Gasteiger charge is 2.24. The minimum absolute atomic E-state index is 0.284. The highest BCUT2D eigenvalue weighted by Crippen LogP contribution is 2.29. The molecule has 1 aliphatic heterocycles. The van der Waals surface area contributed by atoms with E-state index >= 15 is 0 Å². The maximum Gasteiger partial charge on any atom is 0.337 e. The third kappa shape index (κ3) is 1.76. The van der Waals surface area contributed by atoms with Crippen molar-refractivity contribution in [2.24, 2.45) is 0 Å². The summed E-state index contributed by atoms with van der Waals surface area (Å²) in [6.07, 6.45) is 5.86. The summed E-state index contributed by atoms with van der Waals surface area (Å²) in [6, 6.07) is 3.70. The zero-order valence-electron chi connectivity index (χ0n) is 10.2. The molecular formula is C13H15N3O2. The van der Waals surface area contributed by atoms with Crippen molar-refractivity contribution in [2.45, 2.75) is 18.9 Å². The van der Waals surface area contributed by atoms with Crippen molar-refractivity contribution in [3.8, 4) is 0 Å². The van der Waals surface area contributed by atoms with E-state index in [-0.39, 0.29) is 5.56 Å². The van der Waals surface area contributed by atoms with E-state index in [0.29, 0.717) is 6.04 Å². The molecule has 5 heteroatoms. The molecular weight excluding hydrogens is 230 g/mol. The number of rotatable bonds is 2. The number of pyridine rings is 1. The Morgan fingerprint density at radius 2 is 2.28 bits per heavy atom. The standard InChI is InChI=1S/C13H15N3O2/c1-15-6-2-3-11(15)10-8-16-7-9(13(17)18)4-5-12(16)14-10/h4-5,7-8,11H,2-3,6H2,1H3,(H,17,18). The van der Waals surface area contributed by atoms with E-state index in [9.17, 15) is 4.79 Å². The number of fused-ring (bicyclic) bond motifs is 1. The number of imidazole rings is 1. The number of nitrogens with zero attached hydrogens (tertiary/aromatic N) is 3. The van der Waals surface area contributed by atoms with Gasteiger partial charge in [-0.05, 0) is 38.6 Å². The third-order valence-corrected chi connectivity index (χ3v) is 3.58. The van der Waals surface area contributed by atoms with Gasteiger partial charge < -0.3 is 9.51 Å². The van der Waals surface area contributed by atoms with E-state index in [1.54, 1.807) is 22.7 Å². The number of likely N-dealkylation sites (tertiary alicyclic amines) is 1. The van der Waals surface area contributed by atoms with Gasteiger partial charge in [0.2, 0.25) is 0 Å². The molecule has 3 rings (SSSR count). The Morgan fingerprint density at radius 1 is 1.44 bits per heavy atom. The zero-order valence-corrected chi connectivity index (χ0v) is 10.2. The van der Waals surface area contributed by atoms with Crippen molar-refractivity contribution in [1.29, 1.82) is 0 Å². The smallest absolute Gasteiger partial charge is 0.337 e. The Hall–Kier alpha value is -1.88. The van der Waals surface area contributed by atoms with Gasteiger partial charge in [-0.2, -0.15) is 0 Å². The van der Waals surface area contributed by atoms with E-state index < -0.39 is 5.97 Å². The van der Waals surface area contributed by atoms with Gasteiger partial charge in [0.05, 0.1) is 17.3 Å². The van der Waals surface area contributed by atoms with E-state index in [1.165, 1.54) is 6.42 Å². The molecule has 0 radical (unpaired) electrons. The van der Waals surface area contributed by atoms with Gasteiger partial charge in [-0.1, -0.05) is 0 Å². The maximum absolute atomic E-state index is 10.9. The monoisotopic (exact) mass is 245 g/mol. The summed E-state index contributed by atoms with van der Waals surface area (Å²) in [5.41, 5.74) is 2.11. The predicted octanol–water partition coefficient (Wildman–Crippen LogP) is 1.80. The summed E-state index contributed by atoms with van der Waals surface area (Å²) in [7, 11) is 2.10. The van der Waals surface area contributed by atoms with Gasteiger partial charge in [0.25, 0.3) is 0 Å². The molecule has 3 heterocycles. The highest BCUT2D eigenvalue weighted by molar-refractivity contribution is 5.87. The minimum Gasteiger partial charge on any atom is -0.478 e. The topological polar surface area (TPSA) is 57.8 Å². The van der Waals surface area contributed by atoms with Crippen LogP contribution in [0.1, 0.15) is 34.9 Å². The van der Waals surface area contributed by atoms with Crippen LogP contribution < -0.4 is 0 Å². The van der Waals surface area contributed by atoms with Gasteiger partial charge in [0, 0.05) is 12.4 Å². The molecule has 2 aromatic heterocycles. The van der Waals surface area contributed by atoms with Crippen molar-refractivity contribution in [1.82, 2.24) is 14.3 Å². The average molecular weight is 245 g/mol. The van der Waals surface area contributed by atoms with Crippen molar-refractivity contribution < 1.29 is 9.90 Å². The first-order chi connectivity index (χ1) is 8.65. The second-order valence-electron chi connectivity index (χ2n) is 4.79. The lowest BCUT2D eigenvalue weighted by Crippen LogP contribution is -2.17. The molecule has 0 spiro atoms. The van der Waals surface area contributed by atoms with Crippen LogP contribution in [0.3, 0.4) is 0 Å². The summed E-state index contributed by atoms with van der Waals surface area (Å²) in [6.45, 7) is 1.10. The molecule has 0 saturated carbocycles. The fourth-order valence-electron chi connectivity index (χ4n) is 2.58. The molecule has 1 fully saturated rings. The van der Waals surface area contributed by atoms with Crippen molar-refractivity contribution in [3.63, 3.8) is 0 Å². The van der Waals surface area contributed by atoms with Crippen LogP contribution in [0.15, 0.2) is 24.5 Å². The maximum atomic E-state index is 10.9. The summed E-state index contributed by atoms with van der Waals surface area (Å²) in [4.78, 5) is 17.8. The van der Waals surface area contributed by atoms with Gasteiger partial charge >= 0.3 is 5.97 Å². The van der Waals surface area contributed by atoms with Gasteiger partial charge in [0.15, 0.2) is 0 Å². The number of aromatic nitrogens is 2. The van der Waals surface area contributed by atoms with Crippen LogP contribution >= 0.6 is 0 Å². The normalized spacial score (nSPS) is 20.6. The Labute approximate surface area is 105 Å². The number of carboxylic acid groups (broad SMARTS) is 1. The molecule has 0 bridgehead atoms. The van der Waals surface area contributed by atoms with Gasteiger partial charge in [-0.3, -0.25) is 4.90 Å². The first-order valence-corrected chi connectivity index (χ1v) is 6.07. The third-order valence-electron chi connectivity index (χ3n) is 3.58. The summed E-state index contributed by atoms with van der Waals surface area (Å²) < 4.78 is 1.80. The second-order valence-corrected chi connectivity index (χ2v) is 4.79. The van der Waals surface area contributed by atoms with Crippen LogP contribution in [-0.2, 0) is 0 Å². The zero-order chi connectivity index (χ0) is 12.7. The molecule has 18 heavy (non-hydrogen) atoms. The molecule has 0 amide bonds. The molecule has 1 saturated heterocycles. The number of carboxylic acids is 1. The molecule has 0 aromatic carbocycles. The Bertz CT molecular complexity index is 605. The summed E-state index contributed by atoms with van der Waals surface area (Å²) in [5, 5.41) is 8.96. The molecule has 2 aromatic rings. The summed E-state index contributed by atoms with van der Waals surface area (Å²) in [5.74, 6) is -0.912. The molecule has 1 aliphatic rings. The molecule has 1 atom stereocenters. The van der Waals surface area contributed by atoms with Crippen LogP contribution in [0.25, 0.3) is 5.65 Å². The lowest BCUT2D eigenvalue weighted by molar-refractivity contribution is 0.0696. The minimum atomic E-state index is -0.912. The van der Waals surface area contributed by atoms with Crippen molar-refractivity contribution >= 4 is 11.6 Å². The lowest BCUT2D eigenvalue weighted by atomic mass is 10.2. The molecule has 1 N–H and O–H groups in total. The molecule has 94 valence electrons. The van der Waals surface area contributed by atoms with Gasteiger partial charge in [0.1, 0.15) is 5.65 Å². The fraction of sp³-hybridized carbons (Fsp3) is 0.385. The summed E-state index contributed by atoms with van der Waals surface area (Å²) >= 11 is 0. The fourth-order valence-corrected chi connectivity index (χ4v) is 2.58. The largest absolute Gasteiger partial charge is 0.478 e. The quantitative estimate of drug-likeness (QED) is 0.876. The van der Waals surface area contributed by atoms with Gasteiger partial charge in [-0.25, -0.2) is 9.78 Å². The van der Waals surface area contributed by atoms with Crippen LogP contribution in [0.4, 0.5) is 0 Å². The highest BCUT2D eigenvalue weighted by atomic mass is 16.4. The number of aromatic carboxylic acids is 1. The van der Waals surface area contributed by atoms with E-state index in [0.717, 1.165) is 24.3 Å². The van der Waals surface area contributed by atoms with Crippen LogP contribution in [-0.4, -0.2) is 39.0 Å². The van der Waals surface area contributed by atoms with E-state index in [1.807, 2.05) is 6.20 Å². The Balaban J connectivity index is 2.02. The number of carbonyl (C=O) groups is 1. The molecule has 5 nitrogen and oxygen atoms in total. The lowest BCUT2D eigenvalue weighted by Gasteiger charge is -2.16. The molecule has 1 unspecified atom stereocenters. The van der Waals surface area contributed by atoms with Crippen molar-refractivity contribution in [2.75, 3.05) is 13.6 Å². The first kappa shape index (κ1) is 11.2. The second kappa shape index (κ2) is 4.10. The molecule has 0 aliphatic carbocycles. The van der Waals surface area contributed by atoms with Crippen LogP contribution in [0, 0.1) is 0 Å². The Kier molecular flexibility index (Phi) is 2.56. The van der Waals surface area contributed by atoms with E-state index in [2.05, 4.69) is 16.9 Å². The average Bonchev–Trinajstić information content (AvgIpc) is 2.92. The van der Waals surface area contributed by atoms with E-state index in [4.69, 9.17) is 5.11 Å². The Morgan fingerprint density at radius 3 is 2.94 bits per heavy atom. The SMILES string of the molecule is CN1CCCC1c1cn2cc(C(=O)O)ccc2n1. The number of hydrogen-bond acceptors (Lipinski definition) is 3. The van der Waals surface area contributed by atoms with Gasteiger partial charge in [-0.15, -0.1) is 0 Å². The van der Waals surface area contributed by atoms with Crippen molar-refractivity contribution in [3.05, 3.63) is 35.8 Å². The first-order valence-electron chi connectivity index (χ1n) is 6.07. The number of hydrogen-bond donors (Lipinski definition) is 1. The predicted molar refractivity (Wildman–Crippen MR) is 66.8 cm³/mol. The van der Waals surface area contributed by atoms with Crippen LogP contribution in [0.2, 0.25) is 0 Å².